The van der Waals surface area contributed by atoms with Crippen molar-refractivity contribution < 1.29 is 32.2 Å². The van der Waals surface area contributed by atoms with Crippen LogP contribution in [0.3, 0.4) is 0 Å². The molecule has 1 aromatic heterocycles. The van der Waals surface area contributed by atoms with Crippen LogP contribution in [0.1, 0.15) is 10.4 Å². The van der Waals surface area contributed by atoms with Crippen LogP contribution in [0.15, 0.2) is 52.7 Å². The molecule has 0 spiro atoms. The molecule has 3 aromatic rings. The second-order valence-corrected chi connectivity index (χ2v) is 10.3. The van der Waals surface area contributed by atoms with E-state index in [0.29, 0.717) is 27.9 Å². The van der Waals surface area contributed by atoms with Gasteiger partial charge in [-0.2, -0.15) is 4.31 Å². The Labute approximate surface area is 214 Å². The van der Waals surface area contributed by atoms with Crippen LogP contribution in [0.2, 0.25) is 0 Å². The lowest BCUT2D eigenvalue weighted by atomic mass is 10.1. The van der Waals surface area contributed by atoms with Crippen LogP contribution in [0.25, 0.3) is 11.3 Å². The summed E-state index contributed by atoms with van der Waals surface area (Å²) in [5.41, 5.74) is 1.70. The van der Waals surface area contributed by atoms with Crippen LogP contribution in [0.4, 0.5) is 5.13 Å². The Bertz CT molecular complexity index is 1250. The number of ether oxygens (including phenoxy) is 4. The van der Waals surface area contributed by atoms with E-state index in [1.165, 1.54) is 54.1 Å². The van der Waals surface area contributed by atoms with Gasteiger partial charge < -0.3 is 18.9 Å². The Morgan fingerprint density at radius 1 is 0.972 bits per heavy atom. The molecule has 194 valence electrons. The van der Waals surface area contributed by atoms with E-state index in [1.54, 1.807) is 26.4 Å². The Morgan fingerprint density at radius 3 is 2.22 bits per heavy atom. The molecule has 1 amide bonds. The zero-order valence-corrected chi connectivity index (χ0v) is 22.1. The van der Waals surface area contributed by atoms with Gasteiger partial charge in [0.05, 0.1) is 38.0 Å². The summed E-state index contributed by atoms with van der Waals surface area (Å²) in [4.78, 5) is 17.3. The standard InChI is InChI=1S/C24H29N3O7S2/c1-31-13-11-27(12-14-32-2)36(29,30)19-8-5-17(6-9-19)23(28)26-24-25-21(16-35-24)20-10-7-18(33-3)15-22(20)34-4/h5-10,15-16H,11-14H2,1-4H3,(H,25,26,28). The van der Waals surface area contributed by atoms with Gasteiger partial charge in [0.2, 0.25) is 10.0 Å². The van der Waals surface area contributed by atoms with Crippen molar-refractivity contribution in [2.75, 3.05) is 60.1 Å². The quantitative estimate of drug-likeness (QED) is 0.354. The highest BCUT2D eigenvalue weighted by molar-refractivity contribution is 7.89. The largest absolute Gasteiger partial charge is 0.497 e. The maximum absolute atomic E-state index is 13.0. The zero-order valence-electron chi connectivity index (χ0n) is 20.5. The van der Waals surface area contributed by atoms with Crippen LogP contribution in [0.5, 0.6) is 11.5 Å². The number of aromatic nitrogens is 1. The van der Waals surface area contributed by atoms with Gasteiger partial charge in [-0.25, -0.2) is 13.4 Å². The lowest BCUT2D eigenvalue weighted by Crippen LogP contribution is -2.36. The second kappa shape index (κ2) is 12.8. The highest BCUT2D eigenvalue weighted by atomic mass is 32.2. The molecule has 0 bridgehead atoms. The topological polar surface area (TPSA) is 116 Å². The highest BCUT2D eigenvalue weighted by Crippen LogP contribution is 2.35. The molecular formula is C24H29N3O7S2. The second-order valence-electron chi connectivity index (χ2n) is 7.47. The number of anilines is 1. The van der Waals surface area contributed by atoms with Crippen molar-refractivity contribution in [3.8, 4) is 22.8 Å². The fourth-order valence-electron chi connectivity index (χ4n) is 3.30. The van der Waals surface area contributed by atoms with Crippen LogP contribution < -0.4 is 14.8 Å². The molecule has 0 unspecified atom stereocenters. The Balaban J connectivity index is 1.73. The first-order valence-electron chi connectivity index (χ1n) is 10.9. The summed E-state index contributed by atoms with van der Waals surface area (Å²) < 4.78 is 48.1. The number of benzene rings is 2. The lowest BCUT2D eigenvalue weighted by molar-refractivity contribution is 0.102. The third kappa shape index (κ3) is 6.59. The van der Waals surface area contributed by atoms with Gasteiger partial charge >= 0.3 is 0 Å². The molecule has 0 aliphatic heterocycles. The zero-order chi connectivity index (χ0) is 26.1. The summed E-state index contributed by atoms with van der Waals surface area (Å²) in [6.07, 6.45) is 0. The molecule has 0 saturated heterocycles. The van der Waals surface area contributed by atoms with Crippen molar-refractivity contribution in [3.63, 3.8) is 0 Å². The van der Waals surface area contributed by atoms with Gasteiger partial charge in [0.25, 0.3) is 5.91 Å². The fraction of sp³-hybridized carbons (Fsp3) is 0.333. The number of nitrogens with zero attached hydrogens (tertiary/aromatic N) is 2. The molecule has 0 radical (unpaired) electrons. The molecule has 12 heteroatoms. The number of hydrogen-bond acceptors (Lipinski definition) is 9. The molecule has 36 heavy (non-hydrogen) atoms. The molecule has 0 aliphatic carbocycles. The van der Waals surface area contributed by atoms with Gasteiger partial charge in [0.1, 0.15) is 11.5 Å². The number of sulfonamides is 1. The van der Waals surface area contributed by atoms with Crippen molar-refractivity contribution >= 4 is 32.4 Å². The number of methoxy groups -OCH3 is 4. The van der Waals surface area contributed by atoms with Crippen molar-refractivity contribution in [1.82, 2.24) is 9.29 Å². The summed E-state index contributed by atoms with van der Waals surface area (Å²) in [5, 5.41) is 4.96. The summed E-state index contributed by atoms with van der Waals surface area (Å²) in [6.45, 7) is 0.884. The van der Waals surface area contributed by atoms with Crippen LogP contribution >= 0.6 is 11.3 Å². The first-order chi connectivity index (χ1) is 17.3. The number of amides is 1. The maximum atomic E-state index is 13.0. The molecule has 0 saturated carbocycles. The van der Waals surface area contributed by atoms with E-state index in [0.717, 1.165) is 5.56 Å². The molecule has 10 nitrogen and oxygen atoms in total. The summed E-state index contributed by atoms with van der Waals surface area (Å²) in [7, 11) is 2.38. The van der Waals surface area contributed by atoms with Crippen molar-refractivity contribution in [2.45, 2.75) is 4.90 Å². The molecule has 3 rings (SSSR count). The maximum Gasteiger partial charge on any atom is 0.257 e. The molecule has 2 aromatic carbocycles. The fourth-order valence-corrected chi connectivity index (χ4v) is 5.41. The molecule has 0 aliphatic rings. The minimum absolute atomic E-state index is 0.0781. The summed E-state index contributed by atoms with van der Waals surface area (Å²) in [6, 6.07) is 11.1. The van der Waals surface area contributed by atoms with Gasteiger partial charge in [0.15, 0.2) is 5.13 Å². The van der Waals surface area contributed by atoms with Gasteiger partial charge in [-0.15, -0.1) is 11.3 Å². The average Bonchev–Trinajstić information content (AvgIpc) is 3.36. The van der Waals surface area contributed by atoms with Crippen LogP contribution in [-0.2, 0) is 19.5 Å². The lowest BCUT2D eigenvalue weighted by Gasteiger charge is -2.21. The Morgan fingerprint density at radius 2 is 1.64 bits per heavy atom. The SMILES string of the molecule is COCCN(CCOC)S(=O)(=O)c1ccc(C(=O)Nc2nc(-c3ccc(OC)cc3OC)cs2)cc1. The number of hydrogen-bond donors (Lipinski definition) is 1. The smallest absolute Gasteiger partial charge is 0.257 e. The normalized spacial score (nSPS) is 11.5. The van der Waals surface area contributed by atoms with Crippen LogP contribution in [-0.4, -0.2) is 78.4 Å². The van der Waals surface area contributed by atoms with Crippen LogP contribution in [0, 0.1) is 0 Å². The highest BCUT2D eigenvalue weighted by Gasteiger charge is 2.24. The number of thiazole rings is 1. The third-order valence-electron chi connectivity index (χ3n) is 5.25. The third-order valence-corrected chi connectivity index (χ3v) is 7.92. The predicted octanol–water partition coefficient (Wildman–Crippen LogP) is 3.36. The van der Waals surface area contributed by atoms with Crippen molar-refractivity contribution in [3.05, 3.63) is 53.4 Å². The molecule has 1 heterocycles. The predicted molar refractivity (Wildman–Crippen MR) is 138 cm³/mol. The Kier molecular flexibility index (Phi) is 9.79. The van der Waals surface area contributed by atoms with E-state index >= 15 is 0 Å². The molecule has 1 N–H and O–H groups in total. The van der Waals surface area contributed by atoms with Gasteiger partial charge in [-0.05, 0) is 36.4 Å². The summed E-state index contributed by atoms with van der Waals surface area (Å²) in [5.74, 6) is 0.849. The van der Waals surface area contributed by atoms with E-state index in [4.69, 9.17) is 18.9 Å². The van der Waals surface area contributed by atoms with Crippen molar-refractivity contribution in [2.24, 2.45) is 0 Å². The monoisotopic (exact) mass is 535 g/mol. The van der Waals surface area contributed by atoms with Crippen molar-refractivity contribution in [1.29, 1.82) is 0 Å². The molecule has 0 fully saturated rings. The van der Waals surface area contributed by atoms with Gasteiger partial charge in [0, 0.05) is 49.9 Å². The van der Waals surface area contributed by atoms with Gasteiger partial charge in [-0.3, -0.25) is 10.1 Å². The molecular weight excluding hydrogens is 506 g/mol. The van der Waals surface area contributed by atoms with E-state index in [2.05, 4.69) is 10.3 Å². The molecule has 0 atom stereocenters. The average molecular weight is 536 g/mol. The number of rotatable bonds is 13. The first kappa shape index (κ1) is 27.6. The minimum atomic E-state index is -3.78. The number of nitrogens with one attached hydrogen (secondary N) is 1. The van der Waals surface area contributed by atoms with Gasteiger partial charge in [-0.1, -0.05) is 0 Å². The number of carbonyl (C=O) groups is 1. The Hall–Kier alpha value is -3.03. The van der Waals surface area contributed by atoms with E-state index in [1.807, 2.05) is 11.4 Å². The summed E-state index contributed by atoms with van der Waals surface area (Å²) >= 11 is 1.27. The van der Waals surface area contributed by atoms with E-state index < -0.39 is 15.9 Å². The van der Waals surface area contributed by atoms with E-state index in [-0.39, 0.29) is 31.2 Å². The minimum Gasteiger partial charge on any atom is -0.497 e. The van der Waals surface area contributed by atoms with E-state index in [9.17, 15) is 13.2 Å². The first-order valence-corrected chi connectivity index (χ1v) is 13.2. The number of carbonyl (C=O) groups excluding carboxylic acids is 1.